The van der Waals surface area contributed by atoms with Gasteiger partial charge in [0.15, 0.2) is 35.5 Å². The highest BCUT2D eigenvalue weighted by Gasteiger charge is 2.27. The van der Waals surface area contributed by atoms with Crippen molar-refractivity contribution in [3.63, 3.8) is 0 Å². The van der Waals surface area contributed by atoms with Crippen LogP contribution in [0.1, 0.15) is 62.9 Å². The minimum absolute atomic E-state index is 0.164. The van der Waals surface area contributed by atoms with Gasteiger partial charge in [0.1, 0.15) is 24.8 Å². The van der Waals surface area contributed by atoms with E-state index in [-0.39, 0.29) is 37.1 Å². The fourth-order valence-electron chi connectivity index (χ4n) is 5.94. The molecule has 0 heterocycles. The van der Waals surface area contributed by atoms with Gasteiger partial charge in [-0.3, -0.25) is 10.6 Å². The van der Waals surface area contributed by atoms with Crippen molar-refractivity contribution in [2.45, 2.75) is 64.2 Å². The molecule has 0 aliphatic rings. The number of halogens is 2. The Hall–Kier alpha value is -5.28. The Morgan fingerprint density at radius 1 is 0.534 bits per heavy atom. The lowest BCUT2D eigenvalue weighted by Gasteiger charge is -2.23. The highest BCUT2D eigenvalue weighted by molar-refractivity contribution is 6.29. The van der Waals surface area contributed by atoms with Crippen molar-refractivity contribution in [2.24, 2.45) is 0 Å². The van der Waals surface area contributed by atoms with Crippen LogP contribution >= 0.6 is 0 Å². The molecule has 2 N–H and O–H groups in total. The number of para-hydroxylation sites is 4. The molecular formula is C44H54F2N2O10. The van der Waals surface area contributed by atoms with Gasteiger partial charge in [-0.2, -0.15) is 0 Å². The Labute approximate surface area is 339 Å². The van der Waals surface area contributed by atoms with Crippen molar-refractivity contribution >= 4 is 11.9 Å². The van der Waals surface area contributed by atoms with Gasteiger partial charge in [-0.1, -0.05) is 48.5 Å². The Morgan fingerprint density at radius 3 is 1.21 bits per heavy atom. The summed E-state index contributed by atoms with van der Waals surface area (Å²) in [6.45, 7) is 4.89. The van der Waals surface area contributed by atoms with Gasteiger partial charge in [0.25, 0.3) is 0 Å². The zero-order valence-electron chi connectivity index (χ0n) is 33.5. The Balaban J connectivity index is 1.41. The number of nitrogens with one attached hydrogen (secondary N) is 2. The summed E-state index contributed by atoms with van der Waals surface area (Å²) < 4.78 is 72.8. The molecule has 0 fully saturated rings. The molecule has 4 rings (SSSR count). The zero-order chi connectivity index (χ0) is 41.5. The highest BCUT2D eigenvalue weighted by Crippen LogP contribution is 2.28. The molecule has 0 spiro atoms. The molecule has 14 heteroatoms. The molecule has 58 heavy (non-hydrogen) atoms. The van der Waals surface area contributed by atoms with Crippen LogP contribution in [0.2, 0.25) is 0 Å². The van der Waals surface area contributed by atoms with Gasteiger partial charge >= 0.3 is 11.9 Å². The Kier molecular flexibility index (Phi) is 19.7. The lowest BCUT2D eigenvalue weighted by Crippen LogP contribution is -2.44. The second kappa shape index (κ2) is 25.2. The van der Waals surface area contributed by atoms with E-state index in [0.29, 0.717) is 75.0 Å². The molecule has 0 aromatic heterocycles. The van der Waals surface area contributed by atoms with Gasteiger partial charge in [-0.05, 0) is 112 Å². The number of esters is 2. The number of methoxy groups -OCH3 is 2. The summed E-state index contributed by atoms with van der Waals surface area (Å²) in [7, 11) is 3.16. The quantitative estimate of drug-likeness (QED) is 0.0282. The topological polar surface area (TPSA) is 132 Å². The minimum Gasteiger partial charge on any atom is -0.490 e. The van der Waals surface area contributed by atoms with Crippen LogP contribution in [0, 0.1) is 11.6 Å². The molecule has 0 radical (unpaired) electrons. The van der Waals surface area contributed by atoms with Crippen molar-refractivity contribution in [1.29, 1.82) is 0 Å². The van der Waals surface area contributed by atoms with Gasteiger partial charge in [0, 0.05) is 14.2 Å². The van der Waals surface area contributed by atoms with Gasteiger partial charge < -0.3 is 37.9 Å². The summed E-state index contributed by atoms with van der Waals surface area (Å²) in [5, 5.41) is 6.28. The van der Waals surface area contributed by atoms with Crippen molar-refractivity contribution in [2.75, 3.05) is 53.7 Å². The first kappa shape index (κ1) is 45.4. The van der Waals surface area contributed by atoms with E-state index in [1.165, 1.54) is 24.3 Å². The molecule has 0 aliphatic heterocycles. The standard InChI is InChI=1S/C44H54F2N2O10/c1-5-53-37-13-7-9-15-39(37)55-29-41(47-27-11-17-35(51-3)31-19-23-33(45)24-20-31)57-43(49)44(50)58-42(30-56-40-16-10-8-14-38(40)54-6-2)48-28-12-18-36(52-4)32-21-25-34(46)26-22-32/h7-10,13-16,19-26,35-36,41-42,47-48H,5-6,11-12,17-18,27-30H2,1-4H3. The van der Waals surface area contributed by atoms with E-state index in [0.717, 1.165) is 11.1 Å². The minimum atomic E-state index is -1.25. The fourth-order valence-corrected chi connectivity index (χ4v) is 5.94. The predicted octanol–water partition coefficient (Wildman–Crippen LogP) is 7.47. The van der Waals surface area contributed by atoms with Crippen molar-refractivity contribution in [1.82, 2.24) is 10.6 Å². The maximum absolute atomic E-state index is 13.5. The average molecular weight is 809 g/mol. The van der Waals surface area contributed by atoms with E-state index in [2.05, 4.69) is 10.6 Å². The first-order chi connectivity index (χ1) is 28.2. The molecule has 0 saturated heterocycles. The molecule has 0 amide bonds. The average Bonchev–Trinajstić information content (AvgIpc) is 3.23. The highest BCUT2D eigenvalue weighted by atomic mass is 19.1. The monoisotopic (exact) mass is 808 g/mol. The summed E-state index contributed by atoms with van der Waals surface area (Å²) in [6.07, 6.45) is -0.435. The third-order valence-electron chi connectivity index (χ3n) is 8.83. The summed E-state index contributed by atoms with van der Waals surface area (Å²) in [5.41, 5.74) is 1.65. The number of hydrogen-bond donors (Lipinski definition) is 2. The normalized spacial score (nSPS) is 13.1. The zero-order valence-corrected chi connectivity index (χ0v) is 33.5. The van der Waals surface area contributed by atoms with Crippen molar-refractivity contribution in [3.8, 4) is 23.0 Å². The number of benzene rings is 4. The van der Waals surface area contributed by atoms with Crippen molar-refractivity contribution < 1.29 is 56.3 Å². The summed E-state index contributed by atoms with van der Waals surface area (Å²) in [4.78, 5) is 26.6. The number of carbonyl (C=O) groups excluding carboxylic acids is 2. The van der Waals surface area contributed by atoms with E-state index < -0.39 is 24.4 Å². The molecule has 0 bridgehead atoms. The smallest absolute Gasteiger partial charge is 0.419 e. The van der Waals surface area contributed by atoms with E-state index in [4.69, 9.17) is 37.9 Å². The number of ether oxygens (including phenoxy) is 8. The molecular weight excluding hydrogens is 754 g/mol. The van der Waals surface area contributed by atoms with Gasteiger partial charge in [-0.25, -0.2) is 18.4 Å². The number of rotatable bonds is 26. The Bertz CT molecular complexity index is 1670. The van der Waals surface area contributed by atoms with Crippen LogP contribution in [0.25, 0.3) is 0 Å². The second-order valence-corrected chi connectivity index (χ2v) is 12.9. The van der Waals surface area contributed by atoms with Crippen LogP contribution in [-0.2, 0) is 28.5 Å². The van der Waals surface area contributed by atoms with Crippen LogP contribution in [0.15, 0.2) is 97.1 Å². The second-order valence-electron chi connectivity index (χ2n) is 12.9. The first-order valence-electron chi connectivity index (χ1n) is 19.4. The molecule has 314 valence electrons. The van der Waals surface area contributed by atoms with E-state index >= 15 is 0 Å². The van der Waals surface area contributed by atoms with Gasteiger partial charge in [0.05, 0.1) is 25.4 Å². The lowest BCUT2D eigenvalue weighted by molar-refractivity contribution is -0.177. The molecule has 4 aromatic rings. The van der Waals surface area contributed by atoms with E-state index in [9.17, 15) is 18.4 Å². The molecule has 4 atom stereocenters. The molecule has 12 nitrogen and oxygen atoms in total. The molecule has 0 saturated carbocycles. The summed E-state index contributed by atoms with van der Waals surface area (Å²) in [6, 6.07) is 26.3. The predicted molar refractivity (Wildman–Crippen MR) is 213 cm³/mol. The van der Waals surface area contributed by atoms with Crippen LogP contribution < -0.4 is 29.6 Å². The van der Waals surface area contributed by atoms with Crippen LogP contribution in [0.5, 0.6) is 23.0 Å². The SMILES string of the molecule is CCOc1ccccc1OCC(NCCCC(OC)c1ccc(F)cc1)OC(=O)C(=O)OC(COc1ccccc1OCC)NCCCC(OC)c1ccc(F)cc1. The molecule has 4 aromatic carbocycles. The largest absolute Gasteiger partial charge is 0.490 e. The maximum Gasteiger partial charge on any atom is 0.419 e. The number of carbonyl (C=O) groups is 2. The van der Waals surface area contributed by atoms with Crippen LogP contribution in [-0.4, -0.2) is 78.1 Å². The van der Waals surface area contributed by atoms with Gasteiger partial charge in [0.2, 0.25) is 0 Å². The van der Waals surface area contributed by atoms with E-state index in [1.807, 2.05) is 26.0 Å². The fraction of sp³-hybridized carbons (Fsp3) is 0.409. The third kappa shape index (κ3) is 15.2. The van der Waals surface area contributed by atoms with Crippen LogP contribution in [0.4, 0.5) is 8.78 Å². The van der Waals surface area contributed by atoms with E-state index in [1.54, 1.807) is 74.9 Å². The summed E-state index contributed by atoms with van der Waals surface area (Å²) >= 11 is 0. The molecule has 4 unspecified atom stereocenters. The Morgan fingerprint density at radius 2 is 0.879 bits per heavy atom. The van der Waals surface area contributed by atoms with Crippen LogP contribution in [0.3, 0.4) is 0 Å². The van der Waals surface area contributed by atoms with Gasteiger partial charge in [-0.15, -0.1) is 0 Å². The lowest BCUT2D eigenvalue weighted by atomic mass is 10.0. The maximum atomic E-state index is 13.5. The van der Waals surface area contributed by atoms with Crippen molar-refractivity contribution in [3.05, 3.63) is 120 Å². The third-order valence-corrected chi connectivity index (χ3v) is 8.83. The number of hydrogen-bond acceptors (Lipinski definition) is 12. The first-order valence-corrected chi connectivity index (χ1v) is 19.4. The molecule has 0 aliphatic carbocycles. The summed E-state index contributed by atoms with van der Waals surface area (Å²) in [5.74, 6) is -1.32.